The van der Waals surface area contributed by atoms with Crippen molar-refractivity contribution in [2.24, 2.45) is 21.7 Å². The van der Waals surface area contributed by atoms with Gasteiger partial charge in [0, 0.05) is 25.4 Å². The smallest absolute Gasteiger partial charge is 0.107 e. The number of nitrogens with one attached hydrogen (secondary N) is 2. The van der Waals surface area contributed by atoms with Gasteiger partial charge >= 0.3 is 0 Å². The summed E-state index contributed by atoms with van der Waals surface area (Å²) in [7, 11) is 0. The largest absolute Gasteiger partial charge is 0.392 e. The SMILES string of the molecule is CCC(C)(C)CC(C)(C)C(O)CC(O)C(CNC1CCCCC(O)C(O)C1O)NC(=S)CC(C)(C)CC(C)(C)C. The molecule has 0 aromatic heterocycles. The molecule has 7 N–H and O–H groups in total. The van der Waals surface area contributed by atoms with Gasteiger partial charge in [-0.1, -0.05) is 101 Å². The van der Waals surface area contributed by atoms with E-state index < -0.39 is 42.6 Å². The van der Waals surface area contributed by atoms with Crippen LogP contribution in [0.1, 0.15) is 127 Å². The highest BCUT2D eigenvalue weighted by molar-refractivity contribution is 7.80. The molecular weight excluding hydrogens is 524 g/mol. The zero-order valence-corrected chi connectivity index (χ0v) is 28.1. The first-order valence-corrected chi connectivity index (χ1v) is 15.9. The minimum atomic E-state index is -1.22. The van der Waals surface area contributed by atoms with E-state index in [1.807, 2.05) is 0 Å². The highest BCUT2D eigenvalue weighted by Gasteiger charge is 2.38. The lowest BCUT2D eigenvalue weighted by Gasteiger charge is -2.40. The summed E-state index contributed by atoms with van der Waals surface area (Å²) in [6.07, 6.45) is 1.48. The first-order chi connectivity index (χ1) is 18.1. The van der Waals surface area contributed by atoms with Crippen molar-refractivity contribution in [2.45, 2.75) is 170 Å². The van der Waals surface area contributed by atoms with Crippen LogP contribution in [-0.4, -0.2) is 79.7 Å². The Morgan fingerprint density at radius 1 is 0.850 bits per heavy atom. The lowest BCUT2D eigenvalue weighted by molar-refractivity contribution is -0.0818. The van der Waals surface area contributed by atoms with E-state index in [-0.39, 0.29) is 28.1 Å². The van der Waals surface area contributed by atoms with E-state index in [1.165, 1.54) is 0 Å². The molecule has 0 aliphatic heterocycles. The van der Waals surface area contributed by atoms with Crippen LogP contribution in [-0.2, 0) is 0 Å². The van der Waals surface area contributed by atoms with Gasteiger partial charge in [-0.05, 0) is 47.3 Å². The normalized spacial score (nSPS) is 26.0. The van der Waals surface area contributed by atoms with Gasteiger partial charge in [0.05, 0.1) is 35.4 Å². The topological polar surface area (TPSA) is 125 Å². The zero-order valence-electron chi connectivity index (χ0n) is 27.3. The Bertz CT molecular complexity index is 767. The van der Waals surface area contributed by atoms with Crippen molar-refractivity contribution < 1.29 is 25.5 Å². The molecule has 1 fully saturated rings. The number of aliphatic hydroxyl groups excluding tert-OH is 5. The average Bonchev–Trinajstić information content (AvgIpc) is 2.78. The van der Waals surface area contributed by atoms with Crippen LogP contribution in [0.2, 0.25) is 0 Å². The van der Waals surface area contributed by atoms with Gasteiger partial charge < -0.3 is 36.2 Å². The first kappa shape index (κ1) is 37.7. The summed E-state index contributed by atoms with van der Waals surface area (Å²) in [6.45, 7) is 22.0. The third-order valence-corrected chi connectivity index (χ3v) is 9.00. The highest BCUT2D eigenvalue weighted by atomic mass is 32.1. The van der Waals surface area contributed by atoms with Crippen LogP contribution in [0.5, 0.6) is 0 Å². The zero-order chi connectivity index (χ0) is 31.1. The molecule has 1 aliphatic rings. The molecule has 0 heterocycles. The Labute approximate surface area is 250 Å². The van der Waals surface area contributed by atoms with Crippen molar-refractivity contribution in [3.05, 3.63) is 0 Å². The molecule has 0 bridgehead atoms. The maximum absolute atomic E-state index is 11.4. The Kier molecular flexibility index (Phi) is 14.5. The Morgan fingerprint density at radius 3 is 1.98 bits per heavy atom. The number of rotatable bonds is 14. The Hall–Kier alpha value is -0.350. The van der Waals surface area contributed by atoms with Crippen LogP contribution in [0.15, 0.2) is 0 Å². The van der Waals surface area contributed by atoms with Gasteiger partial charge in [0.2, 0.25) is 0 Å². The van der Waals surface area contributed by atoms with Crippen LogP contribution in [0.25, 0.3) is 0 Å². The van der Waals surface area contributed by atoms with Crippen molar-refractivity contribution in [1.29, 1.82) is 0 Å². The van der Waals surface area contributed by atoms with E-state index in [1.54, 1.807) is 0 Å². The van der Waals surface area contributed by atoms with Gasteiger partial charge in [0.25, 0.3) is 0 Å². The second kappa shape index (κ2) is 15.4. The van der Waals surface area contributed by atoms with Crippen LogP contribution in [0, 0.1) is 21.7 Å². The first-order valence-electron chi connectivity index (χ1n) is 15.5. The summed E-state index contributed by atoms with van der Waals surface area (Å²) in [5.41, 5.74) is -0.186. The van der Waals surface area contributed by atoms with Gasteiger partial charge in [-0.25, -0.2) is 0 Å². The molecule has 1 saturated carbocycles. The molecule has 1 aliphatic carbocycles. The molecule has 40 heavy (non-hydrogen) atoms. The van der Waals surface area contributed by atoms with Gasteiger partial charge in [0.15, 0.2) is 0 Å². The summed E-state index contributed by atoms with van der Waals surface area (Å²) in [6, 6.07) is -0.929. The molecule has 0 spiro atoms. The Balaban J connectivity index is 3.07. The molecule has 1 rings (SSSR count). The quantitative estimate of drug-likeness (QED) is 0.146. The maximum atomic E-state index is 11.4. The minimum Gasteiger partial charge on any atom is -0.392 e. The lowest BCUT2D eigenvalue weighted by atomic mass is 9.70. The van der Waals surface area contributed by atoms with Crippen LogP contribution in [0.4, 0.5) is 0 Å². The molecule has 0 saturated heterocycles. The molecule has 8 heteroatoms. The average molecular weight is 589 g/mol. The van der Waals surface area contributed by atoms with Crippen LogP contribution < -0.4 is 10.6 Å². The fraction of sp³-hybridized carbons (Fsp3) is 0.969. The number of aliphatic hydroxyl groups is 5. The molecule has 238 valence electrons. The molecule has 7 unspecified atom stereocenters. The maximum Gasteiger partial charge on any atom is 0.107 e. The molecule has 0 radical (unpaired) electrons. The van der Waals surface area contributed by atoms with E-state index >= 15 is 0 Å². The summed E-state index contributed by atoms with van der Waals surface area (Å²) < 4.78 is 0. The molecule has 0 aromatic carbocycles. The van der Waals surface area contributed by atoms with Crippen LogP contribution >= 0.6 is 12.2 Å². The van der Waals surface area contributed by atoms with Crippen molar-refractivity contribution >= 4 is 17.2 Å². The monoisotopic (exact) mass is 588 g/mol. The molecule has 0 amide bonds. The van der Waals surface area contributed by atoms with E-state index in [2.05, 4.69) is 79.9 Å². The van der Waals surface area contributed by atoms with Crippen molar-refractivity contribution in [3.8, 4) is 0 Å². The number of thiocarbonyl (C=S) groups is 1. The summed E-state index contributed by atoms with van der Waals surface area (Å²) in [4.78, 5) is 0.662. The van der Waals surface area contributed by atoms with Gasteiger partial charge in [-0.3, -0.25) is 0 Å². The third kappa shape index (κ3) is 13.3. The minimum absolute atomic E-state index is 0.0333. The predicted molar refractivity (Wildman–Crippen MR) is 169 cm³/mol. The van der Waals surface area contributed by atoms with Crippen molar-refractivity contribution in [2.75, 3.05) is 6.54 Å². The number of hydrogen-bond donors (Lipinski definition) is 7. The summed E-state index contributed by atoms with van der Waals surface area (Å²) in [5, 5.41) is 60.8. The van der Waals surface area contributed by atoms with E-state index in [9.17, 15) is 25.5 Å². The molecule has 7 atom stereocenters. The van der Waals surface area contributed by atoms with Gasteiger partial charge in [-0.15, -0.1) is 0 Å². The molecule has 7 nitrogen and oxygen atoms in total. The second-order valence-corrected chi connectivity index (χ2v) is 16.6. The van der Waals surface area contributed by atoms with Crippen molar-refractivity contribution in [3.63, 3.8) is 0 Å². The lowest BCUT2D eigenvalue weighted by Crippen LogP contribution is -2.57. The van der Waals surface area contributed by atoms with E-state index in [0.29, 0.717) is 30.8 Å². The summed E-state index contributed by atoms with van der Waals surface area (Å²) >= 11 is 5.79. The van der Waals surface area contributed by atoms with E-state index in [0.717, 1.165) is 32.1 Å². The fourth-order valence-corrected chi connectivity index (χ4v) is 7.23. The standard InChI is InChI=1S/C32H64N2O5S/c1-11-30(5,6)20-32(9,10)25(37)16-24(36)22(34-26(40)17-31(7,8)19-29(2,3)4)18-33-21-14-12-13-15-23(35)28(39)27(21)38/h21-25,27-28,33,35-39H,11-20H2,1-10H3,(H,34,40). The summed E-state index contributed by atoms with van der Waals surface area (Å²) in [5.74, 6) is 0. The second-order valence-electron chi connectivity index (χ2n) is 16.1. The molecule has 0 aromatic rings. The number of hydrogen-bond acceptors (Lipinski definition) is 7. The Morgan fingerprint density at radius 2 is 1.43 bits per heavy atom. The van der Waals surface area contributed by atoms with Crippen molar-refractivity contribution in [1.82, 2.24) is 10.6 Å². The van der Waals surface area contributed by atoms with Crippen LogP contribution in [0.3, 0.4) is 0 Å². The molecular formula is C32H64N2O5S. The van der Waals surface area contributed by atoms with Gasteiger partial charge in [-0.2, -0.15) is 0 Å². The highest BCUT2D eigenvalue weighted by Crippen LogP contribution is 2.40. The third-order valence-electron chi connectivity index (χ3n) is 8.74. The predicted octanol–water partition coefficient (Wildman–Crippen LogP) is 4.70. The van der Waals surface area contributed by atoms with Gasteiger partial charge in [0.1, 0.15) is 6.10 Å². The van der Waals surface area contributed by atoms with E-state index in [4.69, 9.17) is 12.2 Å². The fourth-order valence-electron chi connectivity index (χ4n) is 6.69.